The highest BCUT2D eigenvalue weighted by atomic mass is 16.5. The maximum Gasteiger partial charge on any atom is 0.127 e. The molecule has 4 nitrogen and oxygen atoms in total. The number of aromatic hydroxyl groups is 1. The molecule has 0 aliphatic heterocycles. The van der Waals surface area contributed by atoms with Gasteiger partial charge in [-0.3, -0.25) is 0 Å². The third-order valence-corrected chi connectivity index (χ3v) is 11.5. The number of unbranched alkanes of at least 4 members (excludes halogenated alkanes) is 1. The predicted molar refractivity (Wildman–Crippen MR) is 263 cm³/mol. The molecular formula is C58H58N2O2. The van der Waals surface area contributed by atoms with Crippen molar-refractivity contribution in [2.24, 2.45) is 0 Å². The van der Waals surface area contributed by atoms with Crippen LogP contribution >= 0.6 is 0 Å². The topological polar surface area (TPSA) is 35.9 Å². The molecule has 8 aromatic carbocycles. The lowest BCUT2D eigenvalue weighted by Gasteiger charge is -2.26. The fourth-order valence-corrected chi connectivity index (χ4v) is 7.24. The fourth-order valence-electron chi connectivity index (χ4n) is 7.24. The normalized spacial score (nSPS) is 11.0. The summed E-state index contributed by atoms with van der Waals surface area (Å²) in [6.07, 6.45) is 4.63. The first-order valence-corrected chi connectivity index (χ1v) is 21.9. The molecule has 62 heavy (non-hydrogen) atoms. The van der Waals surface area contributed by atoms with Gasteiger partial charge in [-0.2, -0.15) is 0 Å². The van der Waals surface area contributed by atoms with Crippen LogP contribution < -0.4 is 14.5 Å². The van der Waals surface area contributed by atoms with Crippen LogP contribution in [0.5, 0.6) is 17.2 Å². The Morgan fingerprint density at radius 3 is 1.13 bits per heavy atom. The van der Waals surface area contributed by atoms with Gasteiger partial charge < -0.3 is 19.6 Å². The molecule has 1 N–H and O–H groups in total. The van der Waals surface area contributed by atoms with Gasteiger partial charge in [-0.1, -0.05) is 145 Å². The van der Waals surface area contributed by atoms with Crippen LogP contribution in [-0.2, 0) is 11.8 Å². The van der Waals surface area contributed by atoms with Crippen LogP contribution in [0, 0.1) is 0 Å². The zero-order chi connectivity index (χ0) is 43.3. The Morgan fingerprint density at radius 2 is 0.742 bits per heavy atom. The van der Waals surface area contributed by atoms with Crippen LogP contribution in [0.15, 0.2) is 206 Å². The van der Waals surface area contributed by atoms with Gasteiger partial charge in [-0.05, 0) is 155 Å². The summed E-state index contributed by atoms with van der Waals surface area (Å²) in [6, 6.07) is 71.0. The fraction of sp³-hybridized carbons (Fsp3) is 0.172. The van der Waals surface area contributed by atoms with Crippen molar-refractivity contribution in [1.29, 1.82) is 0 Å². The molecule has 0 bridgehead atoms. The monoisotopic (exact) mass is 814 g/mol. The summed E-state index contributed by atoms with van der Waals surface area (Å²) >= 11 is 0. The van der Waals surface area contributed by atoms with E-state index in [0.29, 0.717) is 0 Å². The van der Waals surface area contributed by atoms with Crippen molar-refractivity contribution < 1.29 is 9.84 Å². The van der Waals surface area contributed by atoms with Gasteiger partial charge in [0.15, 0.2) is 0 Å². The van der Waals surface area contributed by atoms with Crippen LogP contribution in [0.4, 0.5) is 34.1 Å². The highest BCUT2D eigenvalue weighted by Gasteiger charge is 2.18. The molecule has 312 valence electrons. The molecule has 0 fully saturated rings. The number of anilines is 6. The van der Waals surface area contributed by atoms with Crippen LogP contribution in [0.2, 0.25) is 0 Å². The lowest BCUT2D eigenvalue weighted by atomic mass is 9.82. The lowest BCUT2D eigenvalue weighted by Crippen LogP contribution is -2.15. The van der Waals surface area contributed by atoms with E-state index in [1.165, 1.54) is 29.5 Å². The number of phenols is 1. The van der Waals surface area contributed by atoms with Gasteiger partial charge in [-0.15, -0.1) is 0 Å². The van der Waals surface area contributed by atoms with Crippen molar-refractivity contribution >= 4 is 34.1 Å². The predicted octanol–water partition coefficient (Wildman–Crippen LogP) is 16.9. The Morgan fingerprint density at radius 1 is 0.403 bits per heavy atom. The number of phenolic OH excluding ortho intramolecular Hbond substituents is 1. The third kappa shape index (κ3) is 10.8. The highest BCUT2D eigenvalue weighted by Crippen LogP contribution is 2.39. The maximum absolute atomic E-state index is 10.1. The SMILES string of the molecule is CCC(C)(C)c1ccc(Cc2ccc(Oc3ccc(N(c4ccc(O)cc4)c4ccc(-c5ccc(N(c6ccccc6)c6ccccc6)cc5)cc4)cc3)cc2)cc1.CCCC. The zero-order valence-electron chi connectivity index (χ0n) is 36.7. The minimum atomic E-state index is 0.190. The number of hydrogen-bond donors (Lipinski definition) is 1. The Kier molecular flexibility index (Phi) is 14.2. The highest BCUT2D eigenvalue weighted by molar-refractivity contribution is 5.81. The molecular weight excluding hydrogens is 757 g/mol. The van der Waals surface area contributed by atoms with Crippen molar-refractivity contribution in [2.75, 3.05) is 9.80 Å². The zero-order valence-corrected chi connectivity index (χ0v) is 36.7. The average Bonchev–Trinajstić information content (AvgIpc) is 3.32. The second kappa shape index (κ2) is 20.5. The van der Waals surface area contributed by atoms with Gasteiger partial charge in [0, 0.05) is 34.1 Å². The molecule has 0 heterocycles. The minimum Gasteiger partial charge on any atom is -0.508 e. The molecule has 0 spiro atoms. The maximum atomic E-state index is 10.1. The van der Waals surface area contributed by atoms with Crippen molar-refractivity contribution in [1.82, 2.24) is 0 Å². The molecule has 0 unspecified atom stereocenters. The van der Waals surface area contributed by atoms with Gasteiger partial charge in [0.1, 0.15) is 17.2 Å². The third-order valence-electron chi connectivity index (χ3n) is 11.5. The number of rotatable bonds is 14. The van der Waals surface area contributed by atoms with Crippen LogP contribution in [0.25, 0.3) is 11.1 Å². The molecule has 0 aliphatic carbocycles. The molecule has 0 radical (unpaired) electrons. The Hall–Kier alpha value is -7.04. The van der Waals surface area contributed by atoms with E-state index in [4.69, 9.17) is 4.74 Å². The van der Waals surface area contributed by atoms with Gasteiger partial charge in [0.05, 0.1) is 0 Å². The number of para-hydroxylation sites is 2. The number of benzene rings is 8. The summed E-state index contributed by atoms with van der Waals surface area (Å²) in [5.74, 6) is 1.78. The summed E-state index contributed by atoms with van der Waals surface area (Å²) < 4.78 is 6.29. The molecule has 8 aromatic rings. The number of nitrogens with zero attached hydrogens (tertiary/aromatic N) is 2. The smallest absolute Gasteiger partial charge is 0.127 e. The first-order chi connectivity index (χ1) is 30.2. The Balaban J connectivity index is 0.00000139. The molecule has 0 saturated heterocycles. The molecule has 4 heteroatoms. The molecule has 0 aromatic heterocycles. The molecule has 0 aliphatic rings. The van der Waals surface area contributed by atoms with Crippen molar-refractivity contribution in [3.8, 4) is 28.4 Å². The number of ether oxygens (including phenoxy) is 1. The van der Waals surface area contributed by atoms with Gasteiger partial charge in [0.2, 0.25) is 0 Å². The van der Waals surface area contributed by atoms with E-state index < -0.39 is 0 Å². The molecule has 0 saturated carbocycles. The first kappa shape index (κ1) is 43.1. The van der Waals surface area contributed by atoms with Crippen LogP contribution in [0.1, 0.15) is 70.6 Å². The van der Waals surface area contributed by atoms with E-state index in [2.05, 4.69) is 190 Å². The van der Waals surface area contributed by atoms with Crippen molar-refractivity contribution in [3.05, 3.63) is 223 Å². The first-order valence-electron chi connectivity index (χ1n) is 21.9. The summed E-state index contributed by atoms with van der Waals surface area (Å²) in [7, 11) is 0. The van der Waals surface area contributed by atoms with E-state index in [-0.39, 0.29) is 11.2 Å². The second-order valence-electron chi connectivity index (χ2n) is 16.3. The Labute approximate surface area is 369 Å². The molecule has 0 amide bonds. The van der Waals surface area contributed by atoms with Gasteiger partial charge >= 0.3 is 0 Å². The Bertz CT molecular complexity index is 2510. The lowest BCUT2D eigenvalue weighted by molar-refractivity contribution is 0.475. The quantitative estimate of drug-likeness (QED) is 0.119. The molecule has 0 atom stereocenters. The van der Waals surface area contributed by atoms with E-state index in [0.717, 1.165) is 69.6 Å². The standard InChI is InChI=1S/C54H48N2O2.C4H10/c1-4-54(2,3)44-23-15-40(16-24-44)39-41-17-35-52(36-18-41)58-53-37-31-50(32-38-53)56(49-29-33-51(57)34-30-49)48-27-21-43(22-28-48)42-19-25-47(26-20-42)55(45-11-7-5-8-12-45)46-13-9-6-10-14-46;1-3-4-2/h5-38,57H,4,39H2,1-3H3;3-4H2,1-2H3. The summed E-state index contributed by atoms with van der Waals surface area (Å²) in [4.78, 5) is 4.45. The minimum absolute atomic E-state index is 0.190. The van der Waals surface area contributed by atoms with Gasteiger partial charge in [-0.25, -0.2) is 0 Å². The van der Waals surface area contributed by atoms with E-state index in [1.54, 1.807) is 12.1 Å². The summed E-state index contributed by atoms with van der Waals surface area (Å²) in [5, 5.41) is 10.1. The average molecular weight is 815 g/mol. The summed E-state index contributed by atoms with van der Waals surface area (Å²) in [6.45, 7) is 11.2. The van der Waals surface area contributed by atoms with Gasteiger partial charge in [0.25, 0.3) is 0 Å². The van der Waals surface area contributed by atoms with E-state index >= 15 is 0 Å². The van der Waals surface area contributed by atoms with E-state index in [9.17, 15) is 5.11 Å². The van der Waals surface area contributed by atoms with E-state index in [1.807, 2.05) is 48.5 Å². The second-order valence-corrected chi connectivity index (χ2v) is 16.3. The van der Waals surface area contributed by atoms with Crippen LogP contribution in [-0.4, -0.2) is 5.11 Å². The van der Waals surface area contributed by atoms with Crippen molar-refractivity contribution in [2.45, 2.75) is 65.7 Å². The van der Waals surface area contributed by atoms with Crippen molar-refractivity contribution in [3.63, 3.8) is 0 Å². The van der Waals surface area contributed by atoms with Crippen LogP contribution in [0.3, 0.4) is 0 Å². The number of hydrogen-bond acceptors (Lipinski definition) is 4. The summed E-state index contributed by atoms with van der Waals surface area (Å²) in [5.41, 5.74) is 12.6. The molecule has 8 rings (SSSR count). The largest absolute Gasteiger partial charge is 0.508 e.